The highest BCUT2D eigenvalue weighted by atomic mass is 35.5. The van der Waals surface area contributed by atoms with Crippen LogP contribution in [0, 0.1) is 0 Å². The molecule has 0 radical (unpaired) electrons. The van der Waals surface area contributed by atoms with Crippen molar-refractivity contribution in [3.63, 3.8) is 0 Å². The number of anilines is 1. The molecule has 6 heteroatoms. The van der Waals surface area contributed by atoms with E-state index >= 15 is 0 Å². The lowest BCUT2D eigenvalue weighted by Gasteiger charge is -1.97. The maximum Gasteiger partial charge on any atom is 0.311 e. The Labute approximate surface area is 103 Å². The van der Waals surface area contributed by atoms with Crippen molar-refractivity contribution in [3.8, 4) is 0 Å². The van der Waals surface area contributed by atoms with Crippen molar-refractivity contribution in [2.24, 2.45) is 0 Å². The Morgan fingerprint density at radius 1 is 1.59 bits per heavy atom. The number of aromatic nitrogens is 2. The molecule has 0 aliphatic heterocycles. The van der Waals surface area contributed by atoms with E-state index in [1.54, 1.807) is 29.8 Å². The van der Waals surface area contributed by atoms with Gasteiger partial charge in [-0.2, -0.15) is 0 Å². The summed E-state index contributed by atoms with van der Waals surface area (Å²) in [4.78, 5) is 15.6. The largest absolute Gasteiger partial charge is 0.466 e. The van der Waals surface area contributed by atoms with Crippen LogP contribution in [0.25, 0.3) is 5.65 Å². The zero-order valence-electron chi connectivity index (χ0n) is 9.31. The summed E-state index contributed by atoms with van der Waals surface area (Å²) < 4.78 is 6.58. The highest BCUT2D eigenvalue weighted by Gasteiger charge is 2.09. The molecule has 0 aromatic carbocycles. The minimum absolute atomic E-state index is 0.146. The van der Waals surface area contributed by atoms with Gasteiger partial charge in [0.15, 0.2) is 0 Å². The molecule has 0 atom stereocenters. The fourth-order valence-electron chi connectivity index (χ4n) is 1.52. The summed E-state index contributed by atoms with van der Waals surface area (Å²) in [5.41, 5.74) is 7.43. The summed E-state index contributed by atoms with van der Waals surface area (Å²) >= 11 is 5.88. The van der Waals surface area contributed by atoms with Gasteiger partial charge < -0.3 is 14.9 Å². The second-order valence-corrected chi connectivity index (χ2v) is 3.96. The predicted molar refractivity (Wildman–Crippen MR) is 65.0 cm³/mol. The first-order chi connectivity index (χ1) is 8.10. The first-order valence-corrected chi connectivity index (χ1v) is 5.56. The predicted octanol–water partition coefficient (Wildman–Crippen LogP) is 1.68. The standard InChI is InChI=1S/C11H12ClN3O2/c1-2-17-11(16)3-7-5-15-6-9(13)8(12)4-10(15)14-7/h4-6H,2-3,13H2,1H3. The Balaban J connectivity index is 2.29. The molecule has 0 spiro atoms. The molecule has 0 saturated carbocycles. The molecular formula is C11H12ClN3O2. The number of nitrogen functional groups attached to an aromatic ring is 1. The molecule has 2 aromatic rings. The molecule has 2 rings (SSSR count). The molecule has 2 aromatic heterocycles. The van der Waals surface area contributed by atoms with E-state index in [1.165, 1.54) is 0 Å². The summed E-state index contributed by atoms with van der Waals surface area (Å²) in [5.74, 6) is -0.296. The van der Waals surface area contributed by atoms with Gasteiger partial charge in [-0.3, -0.25) is 4.79 Å². The number of ether oxygens (including phenoxy) is 1. The molecule has 90 valence electrons. The maximum absolute atomic E-state index is 11.3. The number of carbonyl (C=O) groups excluding carboxylic acids is 1. The van der Waals surface area contributed by atoms with Crippen molar-refractivity contribution in [2.45, 2.75) is 13.3 Å². The van der Waals surface area contributed by atoms with Crippen LogP contribution in [0.3, 0.4) is 0 Å². The average Bonchev–Trinajstić information content (AvgIpc) is 2.60. The minimum atomic E-state index is -0.296. The summed E-state index contributed by atoms with van der Waals surface area (Å²) in [5, 5.41) is 0.450. The minimum Gasteiger partial charge on any atom is -0.466 e. The number of pyridine rings is 1. The third-order valence-corrected chi connectivity index (χ3v) is 2.58. The van der Waals surface area contributed by atoms with Crippen LogP contribution in [0.4, 0.5) is 5.69 Å². The van der Waals surface area contributed by atoms with E-state index in [2.05, 4.69) is 4.98 Å². The highest BCUT2D eigenvalue weighted by Crippen LogP contribution is 2.20. The lowest BCUT2D eigenvalue weighted by molar-refractivity contribution is -0.142. The van der Waals surface area contributed by atoms with Gasteiger partial charge in [-0.25, -0.2) is 4.98 Å². The number of esters is 1. The molecule has 0 aliphatic rings. The van der Waals surface area contributed by atoms with Crippen LogP contribution >= 0.6 is 11.6 Å². The van der Waals surface area contributed by atoms with E-state index in [0.29, 0.717) is 28.7 Å². The second-order valence-electron chi connectivity index (χ2n) is 3.56. The zero-order chi connectivity index (χ0) is 12.4. The van der Waals surface area contributed by atoms with Crippen molar-refractivity contribution < 1.29 is 9.53 Å². The third-order valence-electron chi connectivity index (χ3n) is 2.25. The van der Waals surface area contributed by atoms with Crippen LogP contribution in [0.2, 0.25) is 5.02 Å². The second kappa shape index (κ2) is 4.63. The monoisotopic (exact) mass is 253 g/mol. The number of carbonyl (C=O) groups is 1. The summed E-state index contributed by atoms with van der Waals surface area (Å²) in [6.07, 6.45) is 3.55. The molecule has 5 nitrogen and oxygen atoms in total. The van der Waals surface area contributed by atoms with E-state index in [9.17, 15) is 4.79 Å². The van der Waals surface area contributed by atoms with Crippen LogP contribution < -0.4 is 5.73 Å². The normalized spacial score (nSPS) is 10.7. The van der Waals surface area contributed by atoms with Gasteiger partial charge in [-0.05, 0) is 6.92 Å². The van der Waals surface area contributed by atoms with Crippen LogP contribution in [-0.2, 0) is 16.0 Å². The van der Waals surface area contributed by atoms with Gasteiger partial charge in [0.05, 0.1) is 29.4 Å². The molecule has 0 aliphatic carbocycles. The lowest BCUT2D eigenvalue weighted by Crippen LogP contribution is -2.07. The number of imidazole rings is 1. The summed E-state index contributed by atoms with van der Waals surface area (Å²) in [6, 6.07) is 1.66. The Bertz CT molecular complexity index is 526. The zero-order valence-corrected chi connectivity index (χ0v) is 10.1. The van der Waals surface area contributed by atoms with Crippen molar-refractivity contribution >= 4 is 28.9 Å². The molecule has 0 fully saturated rings. The van der Waals surface area contributed by atoms with Gasteiger partial charge in [-0.1, -0.05) is 11.6 Å². The van der Waals surface area contributed by atoms with Gasteiger partial charge in [0.25, 0.3) is 0 Å². The molecule has 2 heterocycles. The van der Waals surface area contributed by atoms with Crippen molar-refractivity contribution in [1.29, 1.82) is 0 Å². The molecule has 0 saturated heterocycles. The fraction of sp³-hybridized carbons (Fsp3) is 0.273. The molecule has 17 heavy (non-hydrogen) atoms. The maximum atomic E-state index is 11.3. The summed E-state index contributed by atoms with van der Waals surface area (Å²) in [6.45, 7) is 2.13. The number of halogens is 1. The molecule has 0 unspecified atom stereocenters. The molecular weight excluding hydrogens is 242 g/mol. The van der Waals surface area contributed by atoms with Crippen molar-refractivity contribution in [1.82, 2.24) is 9.38 Å². The number of nitrogens with zero attached hydrogens (tertiary/aromatic N) is 2. The Morgan fingerprint density at radius 3 is 3.06 bits per heavy atom. The Kier molecular flexibility index (Phi) is 3.19. The topological polar surface area (TPSA) is 69.6 Å². The van der Waals surface area contributed by atoms with Gasteiger partial charge in [0.1, 0.15) is 5.65 Å². The highest BCUT2D eigenvalue weighted by molar-refractivity contribution is 6.33. The fourth-order valence-corrected chi connectivity index (χ4v) is 1.67. The number of hydrogen-bond acceptors (Lipinski definition) is 4. The lowest BCUT2D eigenvalue weighted by atomic mass is 10.3. The van der Waals surface area contributed by atoms with Gasteiger partial charge in [-0.15, -0.1) is 0 Å². The van der Waals surface area contributed by atoms with Gasteiger partial charge in [0, 0.05) is 18.5 Å². The van der Waals surface area contributed by atoms with E-state index < -0.39 is 0 Å². The number of fused-ring (bicyclic) bond motifs is 1. The Morgan fingerprint density at radius 2 is 2.35 bits per heavy atom. The molecule has 2 N–H and O–H groups in total. The van der Waals surface area contributed by atoms with Gasteiger partial charge in [0.2, 0.25) is 0 Å². The third kappa shape index (κ3) is 2.50. The van der Waals surface area contributed by atoms with E-state index in [1.807, 2.05) is 0 Å². The summed E-state index contributed by atoms with van der Waals surface area (Å²) in [7, 11) is 0. The van der Waals surface area contributed by atoms with Crippen LogP contribution in [0.15, 0.2) is 18.5 Å². The Hall–Kier alpha value is -1.75. The average molecular weight is 254 g/mol. The van der Waals surface area contributed by atoms with Crippen LogP contribution in [-0.4, -0.2) is 22.0 Å². The van der Waals surface area contributed by atoms with Crippen LogP contribution in [0.1, 0.15) is 12.6 Å². The van der Waals surface area contributed by atoms with E-state index in [-0.39, 0.29) is 12.4 Å². The molecule has 0 amide bonds. The quantitative estimate of drug-likeness (QED) is 0.845. The van der Waals surface area contributed by atoms with Crippen molar-refractivity contribution in [2.75, 3.05) is 12.3 Å². The first kappa shape index (κ1) is 11.7. The number of nitrogens with two attached hydrogens (primary N) is 1. The number of hydrogen-bond donors (Lipinski definition) is 1. The first-order valence-electron chi connectivity index (χ1n) is 5.18. The van der Waals surface area contributed by atoms with Crippen molar-refractivity contribution in [3.05, 3.63) is 29.2 Å². The van der Waals surface area contributed by atoms with Gasteiger partial charge >= 0.3 is 5.97 Å². The molecule has 0 bridgehead atoms. The van der Waals surface area contributed by atoms with E-state index in [4.69, 9.17) is 22.1 Å². The smallest absolute Gasteiger partial charge is 0.311 e. The van der Waals surface area contributed by atoms with Crippen LogP contribution in [0.5, 0.6) is 0 Å². The van der Waals surface area contributed by atoms with E-state index in [0.717, 1.165) is 0 Å². The SMILES string of the molecule is CCOC(=O)Cc1cn2cc(N)c(Cl)cc2n1. The number of rotatable bonds is 3.